The van der Waals surface area contributed by atoms with Gasteiger partial charge in [0, 0.05) is 5.92 Å². The SMILES string of the molecule is CCOc1ccc(N2C(=O)C3C4c5ccccc5C(C(=O)O)(c5ccccc54)C3C2=O)c([N+](=O)[O-])c1. The van der Waals surface area contributed by atoms with Gasteiger partial charge < -0.3 is 9.84 Å². The van der Waals surface area contributed by atoms with Crippen molar-refractivity contribution in [1.82, 2.24) is 0 Å². The number of aliphatic carboxylic acids is 1. The van der Waals surface area contributed by atoms with E-state index in [-0.39, 0.29) is 18.0 Å². The van der Waals surface area contributed by atoms with Gasteiger partial charge in [0.1, 0.15) is 16.9 Å². The number of hydrogen-bond donors (Lipinski definition) is 1. The Morgan fingerprint density at radius 2 is 1.64 bits per heavy atom. The number of nitrogens with zero attached hydrogens (tertiary/aromatic N) is 2. The second-order valence-electron chi connectivity index (χ2n) is 9.12. The van der Waals surface area contributed by atoms with Crippen molar-refractivity contribution in [1.29, 1.82) is 0 Å². The van der Waals surface area contributed by atoms with Gasteiger partial charge in [0.05, 0.1) is 29.4 Å². The smallest absolute Gasteiger partial charge is 0.319 e. The first kappa shape index (κ1) is 22.0. The highest BCUT2D eigenvalue weighted by atomic mass is 16.6. The van der Waals surface area contributed by atoms with Crippen LogP contribution in [0.1, 0.15) is 35.1 Å². The molecule has 0 spiro atoms. The molecule has 36 heavy (non-hydrogen) atoms. The predicted octanol–water partition coefficient (Wildman–Crippen LogP) is 3.63. The van der Waals surface area contributed by atoms with Crippen LogP contribution in [0.25, 0.3) is 0 Å². The summed E-state index contributed by atoms with van der Waals surface area (Å²) in [5, 5.41) is 22.7. The van der Waals surface area contributed by atoms with Crippen molar-refractivity contribution in [3.05, 3.63) is 99.1 Å². The molecule has 3 aromatic rings. The third-order valence-corrected chi connectivity index (χ3v) is 7.65. The van der Waals surface area contributed by atoms with Crippen molar-refractivity contribution < 1.29 is 29.2 Å². The number of carboxylic acids is 1. The Hall–Kier alpha value is -4.53. The molecule has 9 nitrogen and oxygen atoms in total. The first-order valence-corrected chi connectivity index (χ1v) is 11.5. The lowest BCUT2D eigenvalue weighted by Gasteiger charge is -2.51. The number of amides is 2. The lowest BCUT2D eigenvalue weighted by atomic mass is 9.47. The van der Waals surface area contributed by atoms with E-state index in [9.17, 15) is 29.6 Å². The predicted molar refractivity (Wildman–Crippen MR) is 127 cm³/mol. The molecule has 2 atom stereocenters. The number of carbonyl (C=O) groups is 3. The maximum absolute atomic E-state index is 14.0. The van der Waals surface area contributed by atoms with Gasteiger partial charge in [0.15, 0.2) is 0 Å². The molecule has 3 aromatic carbocycles. The van der Waals surface area contributed by atoms with Crippen LogP contribution < -0.4 is 9.64 Å². The Morgan fingerprint density at radius 3 is 2.19 bits per heavy atom. The molecule has 2 amide bonds. The van der Waals surface area contributed by atoms with Crippen molar-refractivity contribution in [2.45, 2.75) is 18.3 Å². The van der Waals surface area contributed by atoms with Gasteiger partial charge in [-0.2, -0.15) is 0 Å². The number of carbonyl (C=O) groups excluding carboxylic acids is 2. The van der Waals surface area contributed by atoms with Gasteiger partial charge in [0.2, 0.25) is 11.8 Å². The average Bonchev–Trinajstić information content (AvgIpc) is 3.14. The van der Waals surface area contributed by atoms with Crippen LogP contribution in [0, 0.1) is 22.0 Å². The Morgan fingerprint density at radius 1 is 1.03 bits per heavy atom. The van der Waals surface area contributed by atoms with Crippen LogP contribution in [-0.2, 0) is 19.8 Å². The number of ether oxygens (including phenoxy) is 1. The van der Waals surface area contributed by atoms with Gasteiger partial charge in [0.25, 0.3) is 5.69 Å². The van der Waals surface area contributed by atoms with Crippen LogP contribution in [-0.4, -0.2) is 34.4 Å². The summed E-state index contributed by atoms with van der Waals surface area (Å²) in [5.74, 6) is -5.21. The first-order chi connectivity index (χ1) is 17.3. The van der Waals surface area contributed by atoms with E-state index in [0.29, 0.717) is 22.3 Å². The summed E-state index contributed by atoms with van der Waals surface area (Å²) in [6, 6.07) is 17.9. The zero-order chi connectivity index (χ0) is 25.4. The van der Waals surface area contributed by atoms with E-state index in [4.69, 9.17) is 4.74 Å². The number of anilines is 1. The fourth-order valence-electron chi connectivity index (χ4n) is 6.47. The number of nitro groups is 1. The molecule has 1 heterocycles. The second kappa shape index (κ2) is 7.48. The molecule has 3 aliphatic carbocycles. The Balaban J connectivity index is 1.61. The molecule has 2 unspecified atom stereocenters. The lowest BCUT2D eigenvalue weighted by Crippen LogP contribution is -2.57. The van der Waals surface area contributed by atoms with Crippen LogP contribution in [0.15, 0.2) is 66.7 Å². The zero-order valence-electron chi connectivity index (χ0n) is 19.1. The number of rotatable bonds is 5. The average molecular weight is 484 g/mol. The molecule has 4 aliphatic rings. The normalized spacial score (nSPS) is 25.2. The molecule has 180 valence electrons. The van der Waals surface area contributed by atoms with E-state index in [0.717, 1.165) is 4.90 Å². The summed E-state index contributed by atoms with van der Waals surface area (Å²) >= 11 is 0. The number of imide groups is 1. The third-order valence-electron chi connectivity index (χ3n) is 7.65. The largest absolute Gasteiger partial charge is 0.494 e. The molecular weight excluding hydrogens is 464 g/mol. The summed E-state index contributed by atoms with van der Waals surface area (Å²) in [6.07, 6.45) is 0. The quantitative estimate of drug-likeness (QED) is 0.333. The molecule has 9 heteroatoms. The van der Waals surface area contributed by atoms with Crippen LogP contribution in [0.3, 0.4) is 0 Å². The molecule has 1 aliphatic heterocycles. The number of hydrogen-bond acceptors (Lipinski definition) is 6. The fraction of sp³-hybridized carbons (Fsp3) is 0.222. The Labute approximate surface area is 205 Å². The van der Waals surface area contributed by atoms with Gasteiger partial charge in [-0.05, 0) is 41.3 Å². The van der Waals surface area contributed by atoms with E-state index in [1.165, 1.54) is 18.2 Å². The molecule has 1 saturated heterocycles. The van der Waals surface area contributed by atoms with Crippen molar-refractivity contribution in [3.8, 4) is 5.75 Å². The maximum Gasteiger partial charge on any atom is 0.319 e. The summed E-state index contributed by atoms with van der Waals surface area (Å²) < 4.78 is 5.37. The molecular formula is C27H20N2O7. The Bertz CT molecular complexity index is 1450. The van der Waals surface area contributed by atoms with Gasteiger partial charge in [-0.3, -0.25) is 24.5 Å². The van der Waals surface area contributed by atoms with Crippen LogP contribution in [0.5, 0.6) is 5.75 Å². The topological polar surface area (TPSA) is 127 Å². The highest BCUT2D eigenvalue weighted by Crippen LogP contribution is 2.64. The number of carboxylic acid groups (broad SMARTS) is 1. The van der Waals surface area contributed by atoms with Gasteiger partial charge in [-0.25, -0.2) is 4.90 Å². The highest BCUT2D eigenvalue weighted by molar-refractivity contribution is 6.26. The minimum Gasteiger partial charge on any atom is -0.494 e. The molecule has 2 bridgehead atoms. The molecule has 0 aromatic heterocycles. The van der Waals surface area contributed by atoms with E-state index in [2.05, 4.69) is 0 Å². The Kier molecular flexibility index (Phi) is 4.57. The first-order valence-electron chi connectivity index (χ1n) is 11.5. The van der Waals surface area contributed by atoms with E-state index < -0.39 is 51.6 Å². The van der Waals surface area contributed by atoms with Crippen molar-refractivity contribution in [3.63, 3.8) is 0 Å². The third kappa shape index (κ3) is 2.51. The maximum atomic E-state index is 14.0. The van der Waals surface area contributed by atoms with E-state index in [1.54, 1.807) is 55.5 Å². The fourth-order valence-corrected chi connectivity index (χ4v) is 6.47. The molecule has 7 rings (SSSR count). The number of benzene rings is 3. The molecule has 1 fully saturated rings. The van der Waals surface area contributed by atoms with E-state index >= 15 is 0 Å². The van der Waals surface area contributed by atoms with Crippen molar-refractivity contribution >= 4 is 29.2 Å². The minimum absolute atomic E-state index is 0.194. The van der Waals surface area contributed by atoms with E-state index in [1.807, 2.05) is 0 Å². The van der Waals surface area contributed by atoms with Gasteiger partial charge >= 0.3 is 5.97 Å². The highest BCUT2D eigenvalue weighted by Gasteiger charge is 2.71. The monoisotopic (exact) mass is 484 g/mol. The molecule has 0 saturated carbocycles. The summed E-state index contributed by atoms with van der Waals surface area (Å²) in [7, 11) is 0. The van der Waals surface area contributed by atoms with Crippen molar-refractivity contribution in [2.75, 3.05) is 11.5 Å². The second-order valence-corrected chi connectivity index (χ2v) is 9.12. The summed E-state index contributed by atoms with van der Waals surface area (Å²) in [4.78, 5) is 53.3. The van der Waals surface area contributed by atoms with Crippen LogP contribution in [0.2, 0.25) is 0 Å². The lowest BCUT2D eigenvalue weighted by molar-refractivity contribution is -0.384. The van der Waals surface area contributed by atoms with Crippen LogP contribution in [0.4, 0.5) is 11.4 Å². The minimum atomic E-state index is -1.80. The van der Waals surface area contributed by atoms with Gasteiger partial charge in [-0.1, -0.05) is 48.5 Å². The van der Waals surface area contributed by atoms with Crippen molar-refractivity contribution in [2.24, 2.45) is 11.8 Å². The number of nitro benzene ring substituents is 1. The summed E-state index contributed by atoms with van der Waals surface area (Å²) in [5.41, 5.74) is -0.131. The van der Waals surface area contributed by atoms with Crippen LogP contribution >= 0.6 is 0 Å². The molecule has 0 radical (unpaired) electrons. The molecule has 1 N–H and O–H groups in total. The van der Waals surface area contributed by atoms with Gasteiger partial charge in [-0.15, -0.1) is 0 Å². The summed E-state index contributed by atoms with van der Waals surface area (Å²) in [6.45, 7) is 2.01. The standard InChI is InChI=1S/C27H20N2O7/c1-2-36-14-11-12-19(20(13-14)29(34)35)28-24(30)22-21-15-7-3-5-9-17(15)27(26(32)33,23(22)25(28)31)18-10-6-4-8-16(18)21/h3-13,21-23H,2H2,1H3,(H,32,33). The zero-order valence-corrected chi connectivity index (χ0v) is 19.1.